The zero-order valence-corrected chi connectivity index (χ0v) is 21.9. The maximum atomic E-state index is 13.9. The topological polar surface area (TPSA) is 90.0 Å². The largest absolute Gasteiger partial charge is 0.480 e. The van der Waals surface area contributed by atoms with Crippen molar-refractivity contribution in [2.45, 2.75) is 32.0 Å². The maximum Gasteiger partial charge on any atom is 0.317 e. The molecular formula is C28H31F2N3O4S. The fraction of sp³-hybridized carbons (Fsp3) is 0.321. The molecule has 0 saturated heterocycles. The van der Waals surface area contributed by atoms with Crippen LogP contribution in [0.2, 0.25) is 0 Å². The van der Waals surface area contributed by atoms with Crippen molar-refractivity contribution < 1.29 is 27.1 Å². The van der Waals surface area contributed by atoms with E-state index >= 15 is 0 Å². The third-order valence-corrected chi connectivity index (χ3v) is 7.20. The number of aliphatic carboxylic acids is 1. The Morgan fingerprint density at radius 3 is 2.47 bits per heavy atom. The first-order chi connectivity index (χ1) is 18.0. The predicted octanol–water partition coefficient (Wildman–Crippen LogP) is 3.89. The number of sulfonamides is 1. The van der Waals surface area contributed by atoms with E-state index in [2.05, 4.69) is 9.62 Å². The lowest BCUT2D eigenvalue weighted by atomic mass is 9.90. The first kappa shape index (κ1) is 27.7. The molecule has 0 aromatic heterocycles. The summed E-state index contributed by atoms with van der Waals surface area (Å²) >= 11 is 0. The molecule has 202 valence electrons. The number of fused-ring (bicyclic) bond motifs is 1. The fourth-order valence-corrected chi connectivity index (χ4v) is 5.46. The van der Waals surface area contributed by atoms with Crippen LogP contribution in [0.3, 0.4) is 0 Å². The summed E-state index contributed by atoms with van der Waals surface area (Å²) in [6.07, 6.45) is 2.35. The second-order valence-corrected chi connectivity index (χ2v) is 11.5. The molecule has 0 saturated carbocycles. The number of hydrogen-bond donors (Lipinski definition) is 2. The van der Waals surface area contributed by atoms with Gasteiger partial charge in [0.05, 0.1) is 12.8 Å². The number of halogens is 2. The molecule has 7 nitrogen and oxygen atoms in total. The Morgan fingerprint density at radius 2 is 1.76 bits per heavy atom. The Balaban J connectivity index is 1.50. The third-order valence-electron chi connectivity index (χ3n) is 6.60. The summed E-state index contributed by atoms with van der Waals surface area (Å²) in [5, 5.41) is 9.52. The number of hydrogen-bond acceptors (Lipinski definition) is 5. The smallest absolute Gasteiger partial charge is 0.317 e. The van der Waals surface area contributed by atoms with Gasteiger partial charge in [0.25, 0.3) is 0 Å². The molecule has 0 fully saturated rings. The van der Waals surface area contributed by atoms with E-state index in [4.69, 9.17) is 0 Å². The molecule has 4 rings (SSSR count). The van der Waals surface area contributed by atoms with Gasteiger partial charge in [0.15, 0.2) is 0 Å². The molecule has 0 aliphatic carbocycles. The lowest BCUT2D eigenvalue weighted by Crippen LogP contribution is -2.46. The minimum Gasteiger partial charge on any atom is -0.480 e. The zero-order chi connectivity index (χ0) is 27.3. The van der Waals surface area contributed by atoms with E-state index in [1.165, 1.54) is 18.2 Å². The van der Waals surface area contributed by atoms with Crippen LogP contribution in [0.1, 0.15) is 22.3 Å². The van der Waals surface area contributed by atoms with Crippen molar-refractivity contribution >= 4 is 21.7 Å². The number of anilines is 1. The third kappa shape index (κ3) is 8.08. The van der Waals surface area contributed by atoms with Gasteiger partial charge < -0.3 is 5.11 Å². The summed E-state index contributed by atoms with van der Waals surface area (Å²) in [7, 11) is -3.44. The average molecular weight is 544 g/mol. The molecule has 3 aromatic carbocycles. The summed E-state index contributed by atoms with van der Waals surface area (Å²) < 4.78 is 53.0. The van der Waals surface area contributed by atoms with E-state index < -0.39 is 16.0 Å². The van der Waals surface area contributed by atoms with Crippen LogP contribution in [0.5, 0.6) is 0 Å². The molecule has 2 N–H and O–H groups in total. The Hall–Kier alpha value is -3.34. The molecule has 1 atom stereocenters. The Morgan fingerprint density at radius 1 is 1.03 bits per heavy atom. The predicted molar refractivity (Wildman–Crippen MR) is 142 cm³/mol. The van der Waals surface area contributed by atoms with Crippen molar-refractivity contribution in [1.29, 1.82) is 0 Å². The Labute approximate surface area is 221 Å². The second-order valence-electron chi connectivity index (χ2n) is 9.75. The van der Waals surface area contributed by atoms with Gasteiger partial charge in [0.1, 0.15) is 11.6 Å². The van der Waals surface area contributed by atoms with Crippen LogP contribution in [-0.2, 0) is 40.7 Å². The summed E-state index contributed by atoms with van der Waals surface area (Å²) in [5.41, 5.74) is 4.15. The van der Waals surface area contributed by atoms with Gasteiger partial charge in [-0.15, -0.1) is 0 Å². The van der Waals surface area contributed by atoms with Crippen molar-refractivity contribution in [1.82, 2.24) is 9.80 Å². The molecule has 0 amide bonds. The number of carboxylic acids is 1. The molecule has 3 aromatic rings. The van der Waals surface area contributed by atoms with Crippen LogP contribution in [0.4, 0.5) is 14.5 Å². The molecule has 0 bridgehead atoms. The average Bonchev–Trinajstić information content (AvgIpc) is 2.83. The van der Waals surface area contributed by atoms with Crippen molar-refractivity contribution in [3.8, 4) is 0 Å². The normalized spacial score (nSPS) is 15.8. The van der Waals surface area contributed by atoms with Gasteiger partial charge in [-0.25, -0.2) is 17.2 Å². The lowest BCUT2D eigenvalue weighted by Gasteiger charge is -2.38. The van der Waals surface area contributed by atoms with Gasteiger partial charge >= 0.3 is 5.97 Å². The van der Waals surface area contributed by atoms with Crippen molar-refractivity contribution in [2.75, 3.05) is 30.6 Å². The monoisotopic (exact) mass is 543 g/mol. The first-order valence-corrected chi connectivity index (χ1v) is 14.2. The maximum absolute atomic E-state index is 13.9. The van der Waals surface area contributed by atoms with Crippen molar-refractivity contribution in [3.05, 3.63) is 101 Å². The summed E-state index contributed by atoms with van der Waals surface area (Å²) in [6.45, 7) is 1.76. The molecule has 1 aliphatic rings. The molecule has 38 heavy (non-hydrogen) atoms. The number of benzene rings is 3. The molecule has 1 unspecified atom stereocenters. The molecule has 1 aliphatic heterocycles. The van der Waals surface area contributed by atoms with Crippen LogP contribution in [0, 0.1) is 11.6 Å². The minimum absolute atomic E-state index is 0.0312. The Bertz CT molecular complexity index is 1380. The van der Waals surface area contributed by atoms with Crippen molar-refractivity contribution in [2.24, 2.45) is 0 Å². The van der Waals surface area contributed by atoms with Gasteiger partial charge in [-0.3, -0.25) is 19.3 Å². The highest BCUT2D eigenvalue weighted by Crippen LogP contribution is 2.26. The summed E-state index contributed by atoms with van der Waals surface area (Å²) in [6, 6.07) is 18.1. The quantitative estimate of drug-likeness (QED) is 0.382. The van der Waals surface area contributed by atoms with E-state index in [9.17, 15) is 27.1 Å². The number of carbonyl (C=O) groups is 1. The molecule has 10 heteroatoms. The Kier molecular flexibility index (Phi) is 8.76. The van der Waals surface area contributed by atoms with Gasteiger partial charge in [0, 0.05) is 37.9 Å². The molecule has 0 radical (unpaired) electrons. The number of rotatable bonds is 11. The highest BCUT2D eigenvalue weighted by Gasteiger charge is 2.27. The van der Waals surface area contributed by atoms with Gasteiger partial charge in [-0.1, -0.05) is 30.3 Å². The van der Waals surface area contributed by atoms with Gasteiger partial charge in [-0.05, 0) is 71.5 Å². The van der Waals surface area contributed by atoms with E-state index in [0.29, 0.717) is 44.7 Å². The zero-order valence-electron chi connectivity index (χ0n) is 21.1. The lowest BCUT2D eigenvalue weighted by molar-refractivity contribution is -0.138. The standard InChI is InChI=1S/C28H31F2N3O4S/c1-38(36,37)31-26-4-2-3-21(13-26)17-32(19-28(34)35)11-12-33-18-22-7-10-25(30)15-23(22)16-27(33)14-20-5-8-24(29)9-6-20/h2-10,13,15,27,31H,11-12,14,16-19H2,1H3,(H,34,35). The summed E-state index contributed by atoms with van der Waals surface area (Å²) in [4.78, 5) is 15.7. The van der Waals surface area contributed by atoms with E-state index in [1.54, 1.807) is 47.4 Å². The molecule has 0 spiro atoms. The minimum atomic E-state index is -3.44. The second kappa shape index (κ2) is 12.0. The van der Waals surface area contributed by atoms with Crippen molar-refractivity contribution in [3.63, 3.8) is 0 Å². The van der Waals surface area contributed by atoms with Crippen LogP contribution in [0.25, 0.3) is 0 Å². The number of nitrogens with zero attached hydrogens (tertiary/aromatic N) is 2. The fourth-order valence-electron chi connectivity index (χ4n) is 4.91. The number of nitrogens with one attached hydrogen (secondary N) is 1. The SMILES string of the molecule is CS(=O)(=O)Nc1cccc(CN(CCN2Cc3ccc(F)cc3CC2Cc2ccc(F)cc2)CC(=O)O)c1. The van der Waals surface area contributed by atoms with E-state index in [-0.39, 0.29) is 24.2 Å². The summed E-state index contributed by atoms with van der Waals surface area (Å²) in [5.74, 6) is -1.54. The van der Waals surface area contributed by atoms with Crippen LogP contribution in [0.15, 0.2) is 66.7 Å². The van der Waals surface area contributed by atoms with Crippen LogP contribution in [-0.4, -0.2) is 61.2 Å². The van der Waals surface area contributed by atoms with E-state index in [0.717, 1.165) is 28.5 Å². The highest BCUT2D eigenvalue weighted by molar-refractivity contribution is 7.92. The van der Waals surface area contributed by atoms with Gasteiger partial charge in [-0.2, -0.15) is 0 Å². The molecular weight excluding hydrogens is 512 g/mol. The van der Waals surface area contributed by atoms with Crippen LogP contribution < -0.4 is 4.72 Å². The van der Waals surface area contributed by atoms with Gasteiger partial charge in [0.2, 0.25) is 10.0 Å². The first-order valence-electron chi connectivity index (χ1n) is 12.3. The van der Waals surface area contributed by atoms with Crippen LogP contribution >= 0.6 is 0 Å². The number of carboxylic acid groups (broad SMARTS) is 1. The highest BCUT2D eigenvalue weighted by atomic mass is 32.2. The molecule has 1 heterocycles. The van der Waals surface area contributed by atoms with E-state index in [1.807, 2.05) is 6.07 Å².